The van der Waals surface area contributed by atoms with Crippen molar-refractivity contribution in [1.82, 2.24) is 10.2 Å². The first-order chi connectivity index (χ1) is 10.1. The molecule has 0 spiro atoms. The summed E-state index contributed by atoms with van der Waals surface area (Å²) >= 11 is 0. The first-order valence-electron chi connectivity index (χ1n) is 8.64. The lowest BCUT2D eigenvalue weighted by molar-refractivity contribution is 0.221. The summed E-state index contributed by atoms with van der Waals surface area (Å²) in [6.45, 7) is 12.4. The highest BCUT2D eigenvalue weighted by Gasteiger charge is 2.30. The average molecular weight is 288 g/mol. The Hall–Kier alpha value is -0.860. The molecule has 2 rings (SSSR count). The van der Waals surface area contributed by atoms with Crippen LogP contribution >= 0.6 is 0 Å². The van der Waals surface area contributed by atoms with Crippen LogP contribution in [0.3, 0.4) is 0 Å². The Morgan fingerprint density at radius 3 is 2.38 bits per heavy atom. The minimum absolute atomic E-state index is 0.461. The number of benzene rings is 1. The van der Waals surface area contributed by atoms with Crippen molar-refractivity contribution < 1.29 is 0 Å². The first kappa shape index (κ1) is 16.5. The molecule has 1 N–H and O–H groups in total. The Morgan fingerprint density at radius 1 is 1.19 bits per heavy atom. The van der Waals surface area contributed by atoms with Crippen molar-refractivity contribution in [3.8, 4) is 0 Å². The molecule has 1 aliphatic rings. The molecule has 0 aliphatic heterocycles. The molecule has 0 radical (unpaired) electrons. The van der Waals surface area contributed by atoms with Crippen LogP contribution in [0.1, 0.15) is 57.2 Å². The molecule has 0 bridgehead atoms. The van der Waals surface area contributed by atoms with E-state index in [1.54, 1.807) is 0 Å². The summed E-state index contributed by atoms with van der Waals surface area (Å²) in [5.74, 6) is 0.795. The number of likely N-dealkylation sites (N-methyl/N-ethyl adjacent to an activating group) is 1. The predicted octanol–water partition coefficient (Wildman–Crippen LogP) is 4.16. The van der Waals surface area contributed by atoms with E-state index in [1.165, 1.54) is 36.9 Å². The highest BCUT2D eigenvalue weighted by atomic mass is 15.2. The third-order valence-electron chi connectivity index (χ3n) is 4.40. The van der Waals surface area contributed by atoms with Crippen molar-refractivity contribution in [1.29, 1.82) is 0 Å². The number of rotatable bonds is 9. The summed E-state index contributed by atoms with van der Waals surface area (Å²) in [6, 6.07) is 10.3. The number of nitrogens with zero attached hydrogens (tertiary/aromatic N) is 1. The van der Waals surface area contributed by atoms with Gasteiger partial charge in [-0.1, -0.05) is 50.6 Å². The molecule has 1 saturated carbocycles. The van der Waals surface area contributed by atoms with E-state index in [1.807, 2.05) is 0 Å². The zero-order valence-corrected chi connectivity index (χ0v) is 14.2. The van der Waals surface area contributed by atoms with E-state index in [0.29, 0.717) is 6.04 Å². The fourth-order valence-corrected chi connectivity index (χ4v) is 2.85. The van der Waals surface area contributed by atoms with Gasteiger partial charge in [-0.15, -0.1) is 0 Å². The van der Waals surface area contributed by atoms with Crippen LogP contribution in [0.15, 0.2) is 24.3 Å². The summed E-state index contributed by atoms with van der Waals surface area (Å²) < 4.78 is 0. The molecule has 1 unspecified atom stereocenters. The van der Waals surface area contributed by atoms with Crippen molar-refractivity contribution in [3.63, 3.8) is 0 Å². The fourth-order valence-electron chi connectivity index (χ4n) is 2.85. The Bertz CT molecular complexity index is 406. The molecule has 2 nitrogen and oxygen atoms in total. The molecule has 1 aromatic carbocycles. The number of hydrogen-bond acceptors (Lipinski definition) is 2. The number of aryl methyl sites for hydroxylation is 1. The lowest BCUT2D eigenvalue weighted by atomic mass is 10.0. The van der Waals surface area contributed by atoms with Gasteiger partial charge in [-0.25, -0.2) is 0 Å². The molecule has 1 aliphatic carbocycles. The average Bonchev–Trinajstić information content (AvgIpc) is 3.27. The minimum atomic E-state index is 0.461. The molecule has 0 amide bonds. The van der Waals surface area contributed by atoms with Gasteiger partial charge in [-0.2, -0.15) is 0 Å². The van der Waals surface area contributed by atoms with Gasteiger partial charge in [-0.3, -0.25) is 4.90 Å². The van der Waals surface area contributed by atoms with Crippen LogP contribution in [-0.4, -0.2) is 30.6 Å². The molecular formula is C19H32N2. The molecular weight excluding hydrogens is 256 g/mol. The van der Waals surface area contributed by atoms with E-state index < -0.39 is 0 Å². The van der Waals surface area contributed by atoms with E-state index in [-0.39, 0.29) is 0 Å². The lowest BCUT2D eigenvalue weighted by Crippen LogP contribution is -2.37. The first-order valence-corrected chi connectivity index (χ1v) is 8.64. The van der Waals surface area contributed by atoms with E-state index in [0.717, 1.165) is 25.0 Å². The predicted molar refractivity (Wildman–Crippen MR) is 91.6 cm³/mol. The molecule has 1 atom stereocenters. The third-order valence-corrected chi connectivity index (χ3v) is 4.40. The fraction of sp³-hybridized carbons (Fsp3) is 0.684. The molecule has 0 saturated heterocycles. The van der Waals surface area contributed by atoms with Crippen LogP contribution in [0.25, 0.3) is 0 Å². The van der Waals surface area contributed by atoms with Crippen LogP contribution in [0.4, 0.5) is 0 Å². The quantitative estimate of drug-likeness (QED) is 0.734. The minimum Gasteiger partial charge on any atom is -0.309 e. The Morgan fingerprint density at radius 2 is 1.86 bits per heavy atom. The van der Waals surface area contributed by atoms with Gasteiger partial charge in [0.05, 0.1) is 0 Å². The van der Waals surface area contributed by atoms with Gasteiger partial charge >= 0.3 is 0 Å². The van der Waals surface area contributed by atoms with Crippen molar-refractivity contribution in [3.05, 3.63) is 35.4 Å². The van der Waals surface area contributed by atoms with E-state index >= 15 is 0 Å². The second-order valence-electron chi connectivity index (χ2n) is 6.93. The Labute approximate surface area is 130 Å². The Kier molecular flexibility index (Phi) is 6.25. The second kappa shape index (κ2) is 7.95. The topological polar surface area (TPSA) is 15.3 Å². The van der Waals surface area contributed by atoms with Gasteiger partial charge in [0.1, 0.15) is 0 Å². The highest BCUT2D eigenvalue weighted by molar-refractivity contribution is 5.24. The molecule has 1 aromatic rings. The van der Waals surface area contributed by atoms with Crippen molar-refractivity contribution >= 4 is 0 Å². The van der Waals surface area contributed by atoms with Gasteiger partial charge in [-0.05, 0) is 50.8 Å². The molecule has 0 aromatic heterocycles. The summed E-state index contributed by atoms with van der Waals surface area (Å²) in [5.41, 5.74) is 2.77. The van der Waals surface area contributed by atoms with Crippen molar-refractivity contribution in [2.75, 3.05) is 19.6 Å². The molecule has 118 valence electrons. The normalized spacial score (nSPS) is 16.7. The van der Waals surface area contributed by atoms with Crippen LogP contribution in [0.2, 0.25) is 0 Å². The zero-order chi connectivity index (χ0) is 15.2. The maximum Gasteiger partial charge on any atom is 0.0449 e. The smallest absolute Gasteiger partial charge is 0.0449 e. The van der Waals surface area contributed by atoms with Gasteiger partial charge < -0.3 is 5.32 Å². The van der Waals surface area contributed by atoms with Crippen molar-refractivity contribution in [2.45, 2.75) is 59.0 Å². The largest absolute Gasteiger partial charge is 0.309 e. The molecule has 21 heavy (non-hydrogen) atoms. The number of hydrogen-bond donors (Lipinski definition) is 1. The molecule has 1 fully saturated rings. The van der Waals surface area contributed by atoms with E-state index in [9.17, 15) is 0 Å². The van der Waals surface area contributed by atoms with Gasteiger partial charge in [0, 0.05) is 18.6 Å². The van der Waals surface area contributed by atoms with E-state index in [2.05, 4.69) is 62.2 Å². The van der Waals surface area contributed by atoms with Gasteiger partial charge in [0.15, 0.2) is 0 Å². The molecule has 0 heterocycles. The maximum atomic E-state index is 3.68. The molecule has 2 heteroatoms. The summed E-state index contributed by atoms with van der Waals surface area (Å²) in [4.78, 5) is 2.72. The maximum absolute atomic E-state index is 3.68. The lowest BCUT2D eigenvalue weighted by Gasteiger charge is -2.29. The SMILES string of the molecule is CCNC(CN(CCC(C)C)C1CC1)c1ccc(C)cc1. The number of nitrogens with one attached hydrogen (secondary N) is 1. The standard InChI is InChI=1S/C19H32N2/c1-5-20-19(17-8-6-16(4)7-9-17)14-21(18-10-11-18)13-12-15(2)3/h6-9,15,18-20H,5,10-14H2,1-4H3. The highest BCUT2D eigenvalue weighted by Crippen LogP contribution is 2.29. The van der Waals surface area contributed by atoms with Crippen LogP contribution in [0.5, 0.6) is 0 Å². The monoisotopic (exact) mass is 288 g/mol. The summed E-state index contributed by atoms with van der Waals surface area (Å²) in [5, 5.41) is 3.68. The van der Waals surface area contributed by atoms with Gasteiger partial charge in [0.25, 0.3) is 0 Å². The van der Waals surface area contributed by atoms with Crippen LogP contribution in [0, 0.1) is 12.8 Å². The third kappa shape index (κ3) is 5.44. The van der Waals surface area contributed by atoms with Gasteiger partial charge in [0.2, 0.25) is 0 Å². The Balaban J connectivity index is 2.00. The van der Waals surface area contributed by atoms with Crippen molar-refractivity contribution in [2.24, 2.45) is 5.92 Å². The second-order valence-corrected chi connectivity index (χ2v) is 6.93. The zero-order valence-electron chi connectivity index (χ0n) is 14.2. The van der Waals surface area contributed by atoms with Crippen LogP contribution < -0.4 is 5.32 Å². The summed E-state index contributed by atoms with van der Waals surface area (Å²) in [7, 11) is 0. The van der Waals surface area contributed by atoms with E-state index in [4.69, 9.17) is 0 Å². The van der Waals surface area contributed by atoms with Crippen LogP contribution in [-0.2, 0) is 0 Å². The summed E-state index contributed by atoms with van der Waals surface area (Å²) in [6.07, 6.45) is 4.10.